The molecule has 0 bridgehead atoms. The van der Waals surface area contributed by atoms with E-state index in [2.05, 4.69) is 100 Å². The lowest BCUT2D eigenvalue weighted by Gasteiger charge is -2.12. The van der Waals surface area contributed by atoms with Crippen LogP contribution in [0.1, 0.15) is 11.1 Å². The molecule has 138 valence electrons. The first-order valence-corrected chi connectivity index (χ1v) is 9.60. The number of benzene rings is 4. The smallest absolute Gasteiger partial charge is 0.114 e. The normalized spacial score (nSPS) is 11.3. The molecule has 1 aromatic heterocycles. The summed E-state index contributed by atoms with van der Waals surface area (Å²) in [7, 11) is 0. The van der Waals surface area contributed by atoms with Crippen LogP contribution in [0.15, 0.2) is 97.2 Å². The molecule has 4 aromatic carbocycles. The van der Waals surface area contributed by atoms with Gasteiger partial charge in [-0.1, -0.05) is 103 Å². The molecule has 0 fully saturated rings. The third-order valence-electron chi connectivity index (χ3n) is 5.09. The van der Waals surface area contributed by atoms with Gasteiger partial charge in [-0.05, 0) is 33.0 Å². The van der Waals surface area contributed by atoms with E-state index in [1.54, 1.807) is 6.20 Å². The Kier molecular flexibility index (Phi) is 4.47. The van der Waals surface area contributed by atoms with Gasteiger partial charge in [-0.15, -0.1) is 0 Å². The number of nitrogens with one attached hydrogen (secondary N) is 1. The fraction of sp³-hybridized carbons (Fsp3) is 0. The molecule has 0 aliphatic carbocycles. The van der Waals surface area contributed by atoms with Gasteiger partial charge in [0.15, 0.2) is 0 Å². The molecule has 0 saturated carbocycles. The van der Waals surface area contributed by atoms with Gasteiger partial charge in [-0.3, -0.25) is 0 Å². The van der Waals surface area contributed by atoms with E-state index in [0.717, 1.165) is 22.4 Å². The lowest BCUT2D eigenvalue weighted by Crippen LogP contribution is -1.89. The first kappa shape index (κ1) is 17.1. The second-order valence-electron chi connectivity index (χ2n) is 6.93. The van der Waals surface area contributed by atoms with Crippen LogP contribution in [-0.2, 0) is 0 Å². The van der Waals surface area contributed by atoms with Gasteiger partial charge in [0, 0.05) is 5.56 Å². The number of hydrogen-bond donors (Lipinski definition) is 1. The Hall–Kier alpha value is -3.98. The minimum atomic E-state index is 0.852. The monoisotopic (exact) mass is 373 g/mol. The van der Waals surface area contributed by atoms with Crippen LogP contribution in [0, 0.1) is 0 Å². The van der Waals surface area contributed by atoms with Gasteiger partial charge in [0.1, 0.15) is 5.69 Å². The van der Waals surface area contributed by atoms with E-state index in [9.17, 15) is 0 Å². The average Bonchev–Trinajstić information content (AvgIpc) is 3.32. The molecule has 0 radical (unpaired) electrons. The molecule has 0 atom stereocenters. The van der Waals surface area contributed by atoms with E-state index in [1.165, 1.54) is 21.9 Å². The van der Waals surface area contributed by atoms with Crippen molar-refractivity contribution in [1.29, 1.82) is 0 Å². The second-order valence-corrected chi connectivity index (χ2v) is 6.93. The fourth-order valence-corrected chi connectivity index (χ4v) is 3.64. The van der Waals surface area contributed by atoms with Crippen LogP contribution >= 0.6 is 0 Å². The molecule has 0 aliphatic heterocycles. The molecule has 0 aliphatic rings. The summed E-state index contributed by atoms with van der Waals surface area (Å²) in [5.41, 5.74) is 6.62. The van der Waals surface area contributed by atoms with Crippen LogP contribution in [0.25, 0.3) is 45.3 Å². The molecule has 3 nitrogen and oxygen atoms in total. The van der Waals surface area contributed by atoms with E-state index >= 15 is 0 Å². The molecule has 0 saturated heterocycles. The Bertz CT molecular complexity index is 1270. The van der Waals surface area contributed by atoms with Crippen molar-refractivity contribution in [3.63, 3.8) is 0 Å². The molecule has 0 amide bonds. The molecular formula is C26H19N3. The average molecular weight is 373 g/mol. The summed E-state index contributed by atoms with van der Waals surface area (Å²) in [4.78, 5) is 0. The zero-order valence-electron chi connectivity index (χ0n) is 15.8. The second kappa shape index (κ2) is 7.56. The zero-order valence-corrected chi connectivity index (χ0v) is 15.8. The number of aromatic amines is 1. The number of hydrogen-bond acceptors (Lipinski definition) is 2. The highest BCUT2D eigenvalue weighted by Crippen LogP contribution is 2.37. The zero-order chi connectivity index (χ0) is 19.5. The van der Waals surface area contributed by atoms with Crippen LogP contribution in [0.5, 0.6) is 0 Å². The Morgan fingerprint density at radius 1 is 0.655 bits per heavy atom. The Morgan fingerprint density at radius 2 is 1.38 bits per heavy atom. The molecular weight excluding hydrogens is 354 g/mol. The van der Waals surface area contributed by atoms with Crippen molar-refractivity contribution in [1.82, 2.24) is 15.4 Å². The Labute approximate surface area is 169 Å². The van der Waals surface area contributed by atoms with Gasteiger partial charge in [0.25, 0.3) is 0 Å². The van der Waals surface area contributed by atoms with Crippen molar-refractivity contribution < 1.29 is 0 Å². The third-order valence-corrected chi connectivity index (χ3v) is 5.09. The first-order chi connectivity index (χ1) is 14.4. The standard InChI is InChI=1S/C26H19N3/c1-2-6-19(7-3-1)10-11-20-12-14-22(15-13-20)24-17-16-21-8-4-5-9-23(21)26(24)25-18-27-29-28-25/h1-18H,(H,27,28,29). The Morgan fingerprint density at radius 3 is 2.14 bits per heavy atom. The number of aromatic nitrogens is 3. The highest BCUT2D eigenvalue weighted by Gasteiger charge is 2.13. The van der Waals surface area contributed by atoms with Crippen molar-refractivity contribution >= 4 is 22.9 Å². The summed E-state index contributed by atoms with van der Waals surface area (Å²) in [5, 5.41) is 13.5. The molecule has 1 N–H and O–H groups in total. The molecule has 0 spiro atoms. The minimum Gasteiger partial charge on any atom is -0.197 e. The molecule has 3 heteroatoms. The van der Waals surface area contributed by atoms with E-state index in [0.29, 0.717) is 0 Å². The molecule has 5 aromatic rings. The maximum atomic E-state index is 4.36. The summed E-state index contributed by atoms with van der Waals surface area (Å²) in [6.45, 7) is 0. The van der Waals surface area contributed by atoms with Gasteiger partial charge in [0.2, 0.25) is 0 Å². The molecule has 5 rings (SSSR count). The molecule has 0 unspecified atom stereocenters. The van der Waals surface area contributed by atoms with Gasteiger partial charge in [0.05, 0.1) is 6.20 Å². The first-order valence-electron chi connectivity index (χ1n) is 9.60. The van der Waals surface area contributed by atoms with Gasteiger partial charge in [-0.2, -0.15) is 15.4 Å². The quantitative estimate of drug-likeness (QED) is 0.367. The number of H-pyrrole nitrogens is 1. The van der Waals surface area contributed by atoms with Crippen molar-refractivity contribution in [2.45, 2.75) is 0 Å². The maximum Gasteiger partial charge on any atom is 0.114 e. The van der Waals surface area contributed by atoms with Gasteiger partial charge < -0.3 is 0 Å². The summed E-state index contributed by atoms with van der Waals surface area (Å²) in [6.07, 6.45) is 6.05. The largest absolute Gasteiger partial charge is 0.197 e. The van der Waals surface area contributed by atoms with E-state index in [-0.39, 0.29) is 0 Å². The van der Waals surface area contributed by atoms with Crippen LogP contribution in [0.3, 0.4) is 0 Å². The third kappa shape index (κ3) is 3.46. The van der Waals surface area contributed by atoms with Crippen LogP contribution in [-0.4, -0.2) is 15.4 Å². The molecule has 1 heterocycles. The highest BCUT2D eigenvalue weighted by atomic mass is 15.3. The van der Waals surface area contributed by atoms with E-state index in [4.69, 9.17) is 0 Å². The SMILES string of the molecule is C(=Cc1ccc(-c2ccc3ccccc3c2-c2cn[nH]n2)cc1)c1ccccc1. The van der Waals surface area contributed by atoms with Crippen molar-refractivity contribution in [3.8, 4) is 22.4 Å². The van der Waals surface area contributed by atoms with Crippen molar-refractivity contribution in [2.24, 2.45) is 0 Å². The number of rotatable bonds is 4. The van der Waals surface area contributed by atoms with E-state index in [1.807, 2.05) is 18.2 Å². The van der Waals surface area contributed by atoms with Crippen LogP contribution in [0.2, 0.25) is 0 Å². The van der Waals surface area contributed by atoms with E-state index < -0.39 is 0 Å². The number of fused-ring (bicyclic) bond motifs is 1. The Balaban J connectivity index is 1.56. The fourth-order valence-electron chi connectivity index (χ4n) is 3.64. The minimum absolute atomic E-state index is 0.852. The predicted molar refractivity (Wildman–Crippen MR) is 120 cm³/mol. The predicted octanol–water partition coefficient (Wildman–Crippen LogP) is 6.46. The lowest BCUT2D eigenvalue weighted by molar-refractivity contribution is 0.942. The van der Waals surface area contributed by atoms with Crippen LogP contribution in [0.4, 0.5) is 0 Å². The lowest BCUT2D eigenvalue weighted by atomic mass is 9.92. The van der Waals surface area contributed by atoms with Crippen molar-refractivity contribution in [3.05, 3.63) is 108 Å². The topological polar surface area (TPSA) is 41.6 Å². The maximum absolute atomic E-state index is 4.36. The summed E-state index contributed by atoms with van der Waals surface area (Å²) in [6, 6.07) is 31.7. The highest BCUT2D eigenvalue weighted by molar-refractivity contribution is 6.03. The molecule has 29 heavy (non-hydrogen) atoms. The van der Waals surface area contributed by atoms with Crippen LogP contribution < -0.4 is 0 Å². The van der Waals surface area contributed by atoms with Gasteiger partial charge >= 0.3 is 0 Å². The summed E-state index contributed by atoms with van der Waals surface area (Å²) in [5.74, 6) is 0. The summed E-state index contributed by atoms with van der Waals surface area (Å²) < 4.78 is 0. The number of nitrogens with zero attached hydrogens (tertiary/aromatic N) is 2. The summed E-state index contributed by atoms with van der Waals surface area (Å²) >= 11 is 0. The van der Waals surface area contributed by atoms with Crippen molar-refractivity contribution in [2.75, 3.05) is 0 Å². The van der Waals surface area contributed by atoms with Gasteiger partial charge in [-0.25, -0.2) is 0 Å².